The Morgan fingerprint density at radius 3 is 2.60 bits per heavy atom. The lowest BCUT2D eigenvalue weighted by Crippen LogP contribution is -2.32. The summed E-state index contributed by atoms with van der Waals surface area (Å²) in [5.74, 6) is 0.641. The first-order valence-corrected chi connectivity index (χ1v) is 3.93. The van der Waals surface area contributed by atoms with Gasteiger partial charge >= 0.3 is 0 Å². The lowest BCUT2D eigenvalue weighted by molar-refractivity contribution is -0.121. The van der Waals surface area contributed by atoms with Gasteiger partial charge in [0.1, 0.15) is 5.78 Å². The molecule has 0 heterocycles. The van der Waals surface area contributed by atoms with Gasteiger partial charge in [0, 0.05) is 12.0 Å². The van der Waals surface area contributed by atoms with Crippen molar-refractivity contribution in [3.05, 3.63) is 0 Å². The second-order valence-electron chi connectivity index (χ2n) is 3.04. The van der Waals surface area contributed by atoms with Crippen LogP contribution in [-0.4, -0.2) is 18.9 Å². The molecule has 1 aliphatic rings. The van der Waals surface area contributed by atoms with Crippen molar-refractivity contribution in [2.24, 2.45) is 5.92 Å². The Morgan fingerprint density at radius 1 is 1.50 bits per heavy atom. The van der Waals surface area contributed by atoms with E-state index in [-0.39, 0.29) is 0 Å². The molecule has 2 heteroatoms. The molecule has 0 amide bonds. The van der Waals surface area contributed by atoms with Crippen LogP contribution in [0, 0.1) is 5.92 Å². The van der Waals surface area contributed by atoms with E-state index in [1.807, 2.05) is 7.05 Å². The number of nitrogens with one attached hydrogen (secondary N) is 1. The van der Waals surface area contributed by atoms with Gasteiger partial charge in [-0.25, -0.2) is 0 Å². The third kappa shape index (κ3) is 1.37. The fourth-order valence-corrected chi connectivity index (χ4v) is 1.79. The van der Waals surface area contributed by atoms with Crippen molar-refractivity contribution in [3.8, 4) is 0 Å². The number of ketones is 1. The normalized spacial score (nSPS) is 32.6. The van der Waals surface area contributed by atoms with Crippen LogP contribution < -0.4 is 5.32 Å². The lowest BCUT2D eigenvalue weighted by Gasteiger charge is -2.14. The third-order valence-electron chi connectivity index (χ3n) is 2.41. The topological polar surface area (TPSA) is 29.1 Å². The molecule has 0 aromatic rings. The predicted octanol–water partition coefficient (Wildman–Crippen LogP) is 0.963. The van der Waals surface area contributed by atoms with Gasteiger partial charge in [0.2, 0.25) is 0 Å². The van der Waals surface area contributed by atoms with Crippen molar-refractivity contribution < 1.29 is 4.79 Å². The van der Waals surface area contributed by atoms with E-state index in [1.165, 1.54) is 12.8 Å². The second-order valence-corrected chi connectivity index (χ2v) is 3.04. The summed E-state index contributed by atoms with van der Waals surface area (Å²) in [6.07, 6.45) is 3.46. The van der Waals surface area contributed by atoms with Gasteiger partial charge < -0.3 is 5.32 Å². The standard InChI is InChI=1S/C8H15NO/c1-6(10)7-4-3-5-8(7)9-2/h7-9H,3-5H2,1-2H3/t7-,8-/m1/s1. The van der Waals surface area contributed by atoms with Crippen molar-refractivity contribution in [2.75, 3.05) is 7.05 Å². The van der Waals surface area contributed by atoms with Crippen molar-refractivity contribution >= 4 is 5.78 Å². The van der Waals surface area contributed by atoms with Crippen LogP contribution in [0.5, 0.6) is 0 Å². The van der Waals surface area contributed by atoms with Crippen molar-refractivity contribution in [1.82, 2.24) is 5.32 Å². The summed E-state index contributed by atoms with van der Waals surface area (Å²) in [6.45, 7) is 1.69. The van der Waals surface area contributed by atoms with Crippen LogP contribution in [0.3, 0.4) is 0 Å². The summed E-state index contributed by atoms with van der Waals surface area (Å²) in [7, 11) is 1.94. The molecule has 1 N–H and O–H groups in total. The van der Waals surface area contributed by atoms with Crippen LogP contribution in [0.25, 0.3) is 0 Å². The van der Waals surface area contributed by atoms with E-state index in [2.05, 4.69) is 5.32 Å². The smallest absolute Gasteiger partial charge is 0.134 e. The maximum atomic E-state index is 11.0. The Labute approximate surface area is 62.0 Å². The fraction of sp³-hybridized carbons (Fsp3) is 0.875. The Bertz CT molecular complexity index is 133. The Morgan fingerprint density at radius 2 is 2.20 bits per heavy atom. The molecule has 0 aromatic heterocycles. The summed E-state index contributed by atoms with van der Waals surface area (Å²) in [5.41, 5.74) is 0. The zero-order valence-electron chi connectivity index (χ0n) is 6.68. The minimum Gasteiger partial charge on any atom is -0.316 e. The van der Waals surface area contributed by atoms with Gasteiger partial charge in [-0.05, 0) is 26.8 Å². The molecule has 1 aliphatic carbocycles. The maximum Gasteiger partial charge on any atom is 0.134 e. The minimum absolute atomic E-state index is 0.296. The maximum absolute atomic E-state index is 11.0. The van der Waals surface area contributed by atoms with Gasteiger partial charge in [0.15, 0.2) is 0 Å². The third-order valence-corrected chi connectivity index (χ3v) is 2.41. The largest absolute Gasteiger partial charge is 0.316 e. The molecule has 0 aromatic carbocycles. The minimum atomic E-state index is 0.296. The molecule has 0 spiro atoms. The molecular formula is C8H15NO. The van der Waals surface area contributed by atoms with E-state index in [9.17, 15) is 4.79 Å². The fourth-order valence-electron chi connectivity index (χ4n) is 1.79. The van der Waals surface area contributed by atoms with Crippen molar-refractivity contribution in [3.63, 3.8) is 0 Å². The van der Waals surface area contributed by atoms with E-state index in [1.54, 1.807) is 6.92 Å². The lowest BCUT2D eigenvalue weighted by atomic mass is 10.00. The van der Waals surface area contributed by atoms with Gasteiger partial charge in [0.25, 0.3) is 0 Å². The summed E-state index contributed by atoms with van der Waals surface area (Å²) in [5, 5.41) is 3.17. The Kier molecular flexibility index (Phi) is 2.44. The molecule has 0 unspecified atom stereocenters. The van der Waals surface area contributed by atoms with E-state index < -0.39 is 0 Å². The molecule has 58 valence electrons. The van der Waals surface area contributed by atoms with Crippen LogP contribution >= 0.6 is 0 Å². The van der Waals surface area contributed by atoms with Crippen LogP contribution in [-0.2, 0) is 4.79 Å². The molecule has 0 radical (unpaired) electrons. The van der Waals surface area contributed by atoms with Crippen LogP contribution in [0.1, 0.15) is 26.2 Å². The van der Waals surface area contributed by atoms with Crippen LogP contribution in [0.4, 0.5) is 0 Å². The summed E-state index contributed by atoms with van der Waals surface area (Å²) < 4.78 is 0. The SMILES string of the molecule is CN[C@@H]1CCC[C@@H]1C(C)=O. The highest BCUT2D eigenvalue weighted by molar-refractivity contribution is 5.79. The zero-order chi connectivity index (χ0) is 7.56. The molecule has 1 fully saturated rings. The number of hydrogen-bond donors (Lipinski definition) is 1. The van der Waals surface area contributed by atoms with Gasteiger partial charge in [-0.3, -0.25) is 4.79 Å². The first kappa shape index (κ1) is 7.73. The molecule has 0 bridgehead atoms. The highest BCUT2D eigenvalue weighted by Gasteiger charge is 2.28. The molecule has 1 rings (SSSR count). The molecule has 0 saturated heterocycles. The summed E-state index contributed by atoms with van der Waals surface area (Å²) >= 11 is 0. The zero-order valence-corrected chi connectivity index (χ0v) is 6.68. The van der Waals surface area contributed by atoms with Crippen LogP contribution in [0.15, 0.2) is 0 Å². The second kappa shape index (κ2) is 3.15. The first-order valence-electron chi connectivity index (χ1n) is 3.93. The summed E-state index contributed by atoms with van der Waals surface area (Å²) in [4.78, 5) is 11.0. The molecule has 2 nitrogen and oxygen atoms in total. The van der Waals surface area contributed by atoms with E-state index in [0.29, 0.717) is 17.7 Å². The van der Waals surface area contributed by atoms with Gasteiger partial charge in [-0.2, -0.15) is 0 Å². The number of Topliss-reactive ketones (excluding diaryl/α,β-unsaturated/α-hetero) is 1. The highest BCUT2D eigenvalue weighted by Crippen LogP contribution is 2.25. The van der Waals surface area contributed by atoms with Gasteiger partial charge in [-0.1, -0.05) is 6.42 Å². The first-order chi connectivity index (χ1) is 4.75. The molecular weight excluding hydrogens is 126 g/mol. The number of rotatable bonds is 2. The Balaban J connectivity index is 2.50. The van der Waals surface area contributed by atoms with Crippen molar-refractivity contribution in [2.45, 2.75) is 32.2 Å². The van der Waals surface area contributed by atoms with E-state index >= 15 is 0 Å². The monoisotopic (exact) mass is 141 g/mol. The quantitative estimate of drug-likeness (QED) is 0.620. The molecule has 10 heavy (non-hydrogen) atoms. The van der Waals surface area contributed by atoms with Crippen LogP contribution in [0.2, 0.25) is 0 Å². The van der Waals surface area contributed by atoms with Crippen molar-refractivity contribution in [1.29, 1.82) is 0 Å². The average Bonchev–Trinajstić information content (AvgIpc) is 2.33. The molecule has 2 atom stereocenters. The average molecular weight is 141 g/mol. The Hall–Kier alpha value is -0.370. The molecule has 1 saturated carbocycles. The summed E-state index contributed by atoms with van der Waals surface area (Å²) in [6, 6.07) is 0.456. The predicted molar refractivity (Wildman–Crippen MR) is 40.9 cm³/mol. The number of carbonyl (C=O) groups is 1. The van der Waals surface area contributed by atoms with Gasteiger partial charge in [0.05, 0.1) is 0 Å². The number of carbonyl (C=O) groups excluding carboxylic acids is 1. The number of hydrogen-bond acceptors (Lipinski definition) is 2. The van der Waals surface area contributed by atoms with E-state index in [0.717, 1.165) is 6.42 Å². The molecule has 0 aliphatic heterocycles. The van der Waals surface area contributed by atoms with Gasteiger partial charge in [-0.15, -0.1) is 0 Å². The van der Waals surface area contributed by atoms with E-state index in [4.69, 9.17) is 0 Å². The highest BCUT2D eigenvalue weighted by atomic mass is 16.1.